The number of imidazole rings is 1. The van der Waals surface area contributed by atoms with E-state index in [-0.39, 0.29) is 5.91 Å². The predicted octanol–water partition coefficient (Wildman–Crippen LogP) is 4.37. The van der Waals surface area contributed by atoms with E-state index in [9.17, 15) is 4.79 Å². The zero-order chi connectivity index (χ0) is 18.4. The Bertz CT molecular complexity index is 983. The zero-order valence-electron chi connectivity index (χ0n) is 15.7. The van der Waals surface area contributed by atoms with Crippen molar-refractivity contribution in [2.75, 3.05) is 13.1 Å². The minimum Gasteiger partial charge on any atom is -0.451 e. The normalized spacial score (nSPS) is 20.3. The van der Waals surface area contributed by atoms with Crippen LogP contribution >= 0.6 is 0 Å². The minimum absolute atomic E-state index is 0.00407. The van der Waals surface area contributed by atoms with Crippen LogP contribution in [0, 0.1) is 12.8 Å². The van der Waals surface area contributed by atoms with Crippen LogP contribution in [0.25, 0.3) is 11.0 Å². The van der Waals surface area contributed by atoms with Gasteiger partial charge in [0.25, 0.3) is 5.91 Å². The first kappa shape index (κ1) is 16.6. The summed E-state index contributed by atoms with van der Waals surface area (Å²) in [5, 5.41) is 0.992. The molecule has 1 atom stereocenters. The van der Waals surface area contributed by atoms with Crippen LogP contribution in [0.2, 0.25) is 0 Å². The van der Waals surface area contributed by atoms with Crippen molar-refractivity contribution in [1.82, 2.24) is 14.5 Å². The maximum Gasteiger partial charge on any atom is 0.289 e. The summed E-state index contributed by atoms with van der Waals surface area (Å²) in [6.07, 6.45) is 8.75. The van der Waals surface area contributed by atoms with Crippen molar-refractivity contribution in [3.63, 3.8) is 0 Å². The average Bonchev–Trinajstić information content (AvgIpc) is 3.19. The van der Waals surface area contributed by atoms with Gasteiger partial charge in [0.15, 0.2) is 5.76 Å². The molecular weight excluding hydrogens is 338 g/mol. The molecule has 1 aliphatic carbocycles. The van der Waals surface area contributed by atoms with Crippen molar-refractivity contribution in [2.24, 2.45) is 5.92 Å². The number of likely N-dealkylation sites (tertiary alicyclic amines) is 1. The molecule has 5 heteroatoms. The van der Waals surface area contributed by atoms with Gasteiger partial charge in [0.05, 0.1) is 0 Å². The summed E-state index contributed by atoms with van der Waals surface area (Å²) in [5.41, 5.74) is 1.87. The van der Waals surface area contributed by atoms with Crippen molar-refractivity contribution in [3.05, 3.63) is 53.8 Å². The maximum atomic E-state index is 13.1. The summed E-state index contributed by atoms with van der Waals surface area (Å²) < 4.78 is 8.22. The molecule has 2 fully saturated rings. The van der Waals surface area contributed by atoms with Gasteiger partial charge in [-0.15, -0.1) is 0 Å². The number of rotatable bonds is 4. The van der Waals surface area contributed by atoms with E-state index < -0.39 is 0 Å². The number of aryl methyl sites for hydroxylation is 1. The molecule has 0 N–H and O–H groups in total. The van der Waals surface area contributed by atoms with Crippen molar-refractivity contribution in [2.45, 2.75) is 45.1 Å². The van der Waals surface area contributed by atoms with Crippen LogP contribution in [-0.2, 0) is 6.54 Å². The van der Waals surface area contributed by atoms with Crippen LogP contribution < -0.4 is 0 Å². The fraction of sp³-hybridized carbons (Fsp3) is 0.455. The lowest BCUT2D eigenvalue weighted by Crippen LogP contribution is -2.39. The summed E-state index contributed by atoms with van der Waals surface area (Å²) in [4.78, 5) is 19.7. The van der Waals surface area contributed by atoms with E-state index in [1.807, 2.05) is 42.3 Å². The molecule has 1 aromatic carbocycles. The number of amides is 1. The number of aromatic nitrogens is 2. The van der Waals surface area contributed by atoms with Crippen LogP contribution in [0.4, 0.5) is 0 Å². The lowest BCUT2D eigenvalue weighted by molar-refractivity contribution is 0.0673. The molecule has 5 rings (SSSR count). The topological polar surface area (TPSA) is 51.3 Å². The van der Waals surface area contributed by atoms with Gasteiger partial charge < -0.3 is 13.9 Å². The van der Waals surface area contributed by atoms with Crippen molar-refractivity contribution in [3.8, 4) is 0 Å². The Morgan fingerprint density at radius 3 is 3.00 bits per heavy atom. The van der Waals surface area contributed by atoms with Gasteiger partial charge in [0.1, 0.15) is 11.4 Å². The summed E-state index contributed by atoms with van der Waals surface area (Å²) in [5.74, 6) is 2.71. The first-order chi connectivity index (χ1) is 13.2. The number of carbonyl (C=O) groups excluding carboxylic acids is 1. The molecule has 140 valence electrons. The lowest BCUT2D eigenvalue weighted by atomic mass is 9.96. The number of nitrogens with zero attached hydrogens (tertiary/aromatic N) is 3. The highest BCUT2D eigenvalue weighted by Crippen LogP contribution is 2.33. The fourth-order valence-electron chi connectivity index (χ4n) is 4.26. The molecule has 27 heavy (non-hydrogen) atoms. The first-order valence-corrected chi connectivity index (χ1v) is 9.98. The van der Waals surface area contributed by atoms with Crippen molar-refractivity contribution in [1.29, 1.82) is 0 Å². The highest BCUT2D eigenvalue weighted by molar-refractivity contribution is 5.96. The van der Waals surface area contributed by atoms with Crippen LogP contribution in [-0.4, -0.2) is 33.4 Å². The van der Waals surface area contributed by atoms with Gasteiger partial charge in [-0.2, -0.15) is 0 Å². The Balaban J connectivity index is 1.36. The van der Waals surface area contributed by atoms with Gasteiger partial charge in [-0.1, -0.05) is 18.2 Å². The number of carbonyl (C=O) groups is 1. The number of furan rings is 1. The molecule has 2 aliphatic rings. The molecule has 1 aliphatic heterocycles. The van der Waals surface area contributed by atoms with E-state index >= 15 is 0 Å². The summed E-state index contributed by atoms with van der Waals surface area (Å²) in [7, 11) is 0. The quantitative estimate of drug-likeness (QED) is 0.692. The van der Waals surface area contributed by atoms with E-state index in [4.69, 9.17) is 4.42 Å². The predicted molar refractivity (Wildman–Crippen MR) is 104 cm³/mol. The Morgan fingerprint density at radius 1 is 1.30 bits per heavy atom. The molecule has 0 radical (unpaired) electrons. The second kappa shape index (κ2) is 6.55. The molecule has 3 aromatic rings. The molecule has 1 saturated heterocycles. The van der Waals surface area contributed by atoms with E-state index in [1.54, 1.807) is 0 Å². The third-order valence-electron chi connectivity index (χ3n) is 5.93. The third-order valence-corrected chi connectivity index (χ3v) is 5.93. The van der Waals surface area contributed by atoms with Gasteiger partial charge in [0, 0.05) is 43.3 Å². The second-order valence-corrected chi connectivity index (χ2v) is 8.08. The molecule has 1 saturated carbocycles. The number of piperidine rings is 1. The van der Waals surface area contributed by atoms with Crippen LogP contribution in [0.15, 0.2) is 41.1 Å². The molecule has 2 aromatic heterocycles. The monoisotopic (exact) mass is 363 g/mol. The van der Waals surface area contributed by atoms with E-state index in [2.05, 4.69) is 15.7 Å². The Kier molecular flexibility index (Phi) is 4.03. The maximum absolute atomic E-state index is 13.1. The van der Waals surface area contributed by atoms with Gasteiger partial charge in [-0.3, -0.25) is 4.79 Å². The summed E-state index contributed by atoms with van der Waals surface area (Å²) >= 11 is 0. The lowest BCUT2D eigenvalue weighted by Gasteiger charge is -2.32. The van der Waals surface area contributed by atoms with Crippen LogP contribution in [0.3, 0.4) is 0 Å². The summed E-state index contributed by atoms with van der Waals surface area (Å²) in [6.45, 7) is 4.59. The Labute approximate surface area is 159 Å². The van der Waals surface area contributed by atoms with Gasteiger partial charge in [-0.25, -0.2) is 4.98 Å². The highest BCUT2D eigenvalue weighted by atomic mass is 16.3. The number of fused-ring (bicyclic) bond motifs is 1. The Morgan fingerprint density at radius 2 is 2.19 bits per heavy atom. The van der Waals surface area contributed by atoms with E-state index in [0.29, 0.717) is 11.7 Å². The minimum atomic E-state index is -0.00407. The first-order valence-electron chi connectivity index (χ1n) is 9.98. The molecular formula is C22H25N3O2. The fourth-order valence-corrected chi connectivity index (χ4v) is 4.26. The number of para-hydroxylation sites is 1. The molecule has 0 bridgehead atoms. The molecule has 1 amide bonds. The second-order valence-electron chi connectivity index (χ2n) is 8.08. The number of benzene rings is 1. The van der Waals surface area contributed by atoms with Gasteiger partial charge in [0.2, 0.25) is 0 Å². The van der Waals surface area contributed by atoms with Crippen molar-refractivity contribution >= 4 is 16.9 Å². The van der Waals surface area contributed by atoms with Crippen molar-refractivity contribution < 1.29 is 9.21 Å². The molecule has 5 nitrogen and oxygen atoms in total. The average molecular weight is 363 g/mol. The SMILES string of the molecule is Cc1cccc2cc(C(=O)N3CCC[C@@H](c4nccn4CC4CC4)C3)oc12. The smallest absolute Gasteiger partial charge is 0.289 e. The molecule has 0 spiro atoms. The van der Waals surface area contributed by atoms with Gasteiger partial charge >= 0.3 is 0 Å². The Hall–Kier alpha value is -2.56. The standard InChI is InChI=1S/C22H25N3O2/c1-15-4-2-5-17-12-19(27-20(15)17)22(26)25-10-3-6-18(14-25)21-23-9-11-24(21)13-16-7-8-16/h2,4-5,9,11-12,16,18H,3,6-8,10,13-14H2,1H3/t18-/m1/s1. The zero-order valence-corrected chi connectivity index (χ0v) is 15.7. The highest BCUT2D eigenvalue weighted by Gasteiger charge is 2.31. The number of hydrogen-bond acceptors (Lipinski definition) is 3. The largest absolute Gasteiger partial charge is 0.451 e. The third kappa shape index (κ3) is 3.15. The number of hydrogen-bond donors (Lipinski definition) is 0. The van der Waals surface area contributed by atoms with Crippen LogP contribution in [0.5, 0.6) is 0 Å². The van der Waals surface area contributed by atoms with Gasteiger partial charge in [-0.05, 0) is 50.2 Å². The van der Waals surface area contributed by atoms with E-state index in [1.165, 1.54) is 12.8 Å². The molecule has 0 unspecified atom stereocenters. The summed E-state index contributed by atoms with van der Waals surface area (Å²) in [6, 6.07) is 7.88. The van der Waals surface area contributed by atoms with E-state index in [0.717, 1.165) is 60.8 Å². The van der Waals surface area contributed by atoms with Crippen LogP contribution in [0.1, 0.15) is 53.5 Å². The molecule has 3 heterocycles.